The van der Waals surface area contributed by atoms with E-state index in [1.54, 1.807) is 31.2 Å². The molecule has 0 N–H and O–H groups in total. The van der Waals surface area contributed by atoms with Gasteiger partial charge in [0.2, 0.25) is 0 Å². The zero-order valence-electron chi connectivity index (χ0n) is 11.5. The van der Waals surface area contributed by atoms with E-state index in [-0.39, 0.29) is 11.3 Å². The first-order valence-corrected chi connectivity index (χ1v) is 7.46. The highest BCUT2D eigenvalue weighted by molar-refractivity contribution is 9.10. The molecule has 7 heteroatoms. The Bertz CT molecular complexity index is 735. The van der Waals surface area contributed by atoms with E-state index in [0.717, 1.165) is 0 Å². The molecule has 0 aliphatic rings. The van der Waals surface area contributed by atoms with E-state index >= 15 is 0 Å². The first-order valence-electron chi connectivity index (χ1n) is 6.29. The molecule has 2 aromatic rings. The van der Waals surface area contributed by atoms with Crippen LogP contribution in [0.15, 0.2) is 46.9 Å². The van der Waals surface area contributed by atoms with E-state index in [2.05, 4.69) is 15.9 Å². The Balaban J connectivity index is 2.21. The predicted molar refractivity (Wildman–Crippen MR) is 86.1 cm³/mol. The van der Waals surface area contributed by atoms with Gasteiger partial charge in [-0.2, -0.15) is 0 Å². The standard InChI is InChI=1S/C15H11BrClNO4/c1-9(11-4-2-3-5-13(11)17)22-15(19)10-6-7-12(16)14(8-10)18(20)21/h2-9H,1H3/t9-/m0/s1. The number of nitro benzene ring substituents is 1. The van der Waals surface area contributed by atoms with Crippen LogP contribution in [-0.4, -0.2) is 10.9 Å². The first-order chi connectivity index (χ1) is 10.4. The Morgan fingerprint density at radius 1 is 1.32 bits per heavy atom. The Morgan fingerprint density at radius 3 is 2.64 bits per heavy atom. The predicted octanol–water partition coefficient (Wildman–Crippen LogP) is 4.93. The van der Waals surface area contributed by atoms with Crippen molar-refractivity contribution >= 4 is 39.2 Å². The van der Waals surface area contributed by atoms with E-state index in [4.69, 9.17) is 16.3 Å². The van der Waals surface area contributed by atoms with Crippen LogP contribution in [0.1, 0.15) is 28.9 Å². The van der Waals surface area contributed by atoms with E-state index in [9.17, 15) is 14.9 Å². The number of hydrogen-bond donors (Lipinski definition) is 0. The van der Waals surface area contributed by atoms with Gasteiger partial charge in [-0.1, -0.05) is 29.8 Å². The van der Waals surface area contributed by atoms with Gasteiger partial charge in [0.05, 0.1) is 15.0 Å². The molecule has 0 heterocycles. The number of ether oxygens (including phenoxy) is 1. The van der Waals surface area contributed by atoms with Crippen molar-refractivity contribution in [2.45, 2.75) is 13.0 Å². The van der Waals surface area contributed by atoms with Crippen molar-refractivity contribution in [2.24, 2.45) is 0 Å². The maximum atomic E-state index is 12.1. The molecule has 0 aliphatic heterocycles. The van der Waals surface area contributed by atoms with Crippen LogP contribution in [0, 0.1) is 10.1 Å². The highest BCUT2D eigenvalue weighted by Gasteiger charge is 2.19. The lowest BCUT2D eigenvalue weighted by Gasteiger charge is -2.15. The van der Waals surface area contributed by atoms with Crippen LogP contribution in [0.25, 0.3) is 0 Å². The van der Waals surface area contributed by atoms with Crippen molar-refractivity contribution in [3.8, 4) is 0 Å². The van der Waals surface area contributed by atoms with Crippen LogP contribution in [0.5, 0.6) is 0 Å². The third-order valence-electron chi connectivity index (χ3n) is 3.01. The number of carbonyl (C=O) groups excluding carboxylic acids is 1. The van der Waals surface area contributed by atoms with Gasteiger partial charge in [-0.15, -0.1) is 0 Å². The molecule has 0 radical (unpaired) electrons. The molecule has 5 nitrogen and oxygen atoms in total. The second-order valence-electron chi connectivity index (χ2n) is 4.49. The molecule has 0 saturated carbocycles. The Morgan fingerprint density at radius 2 is 2.00 bits per heavy atom. The fraction of sp³-hybridized carbons (Fsp3) is 0.133. The van der Waals surface area contributed by atoms with Crippen LogP contribution in [0.4, 0.5) is 5.69 Å². The number of rotatable bonds is 4. The molecule has 0 unspecified atom stereocenters. The molecular weight excluding hydrogens is 374 g/mol. The summed E-state index contributed by atoms with van der Waals surface area (Å²) in [7, 11) is 0. The maximum Gasteiger partial charge on any atom is 0.338 e. The Kier molecular flexibility index (Phi) is 5.15. The molecule has 0 amide bonds. The normalized spacial score (nSPS) is 11.8. The third-order valence-corrected chi connectivity index (χ3v) is 4.02. The van der Waals surface area contributed by atoms with Gasteiger partial charge in [-0.25, -0.2) is 4.79 Å². The zero-order valence-corrected chi connectivity index (χ0v) is 13.8. The van der Waals surface area contributed by atoms with Gasteiger partial charge in [0.1, 0.15) is 6.10 Å². The van der Waals surface area contributed by atoms with Gasteiger partial charge in [0.15, 0.2) is 0 Å². The van der Waals surface area contributed by atoms with Crippen molar-refractivity contribution in [1.82, 2.24) is 0 Å². The van der Waals surface area contributed by atoms with E-state index in [1.807, 2.05) is 0 Å². The smallest absolute Gasteiger partial charge is 0.338 e. The summed E-state index contributed by atoms with van der Waals surface area (Å²) >= 11 is 9.12. The third kappa shape index (κ3) is 3.64. The SMILES string of the molecule is C[C@H](OC(=O)c1ccc(Br)c([N+](=O)[O-])c1)c1ccccc1Cl. The van der Waals surface area contributed by atoms with Gasteiger partial charge >= 0.3 is 5.97 Å². The zero-order chi connectivity index (χ0) is 16.3. The van der Waals surface area contributed by atoms with Gasteiger partial charge < -0.3 is 4.74 Å². The topological polar surface area (TPSA) is 69.4 Å². The molecule has 0 aromatic heterocycles. The molecule has 1 atom stereocenters. The summed E-state index contributed by atoms with van der Waals surface area (Å²) < 4.78 is 5.62. The first kappa shape index (κ1) is 16.5. The summed E-state index contributed by atoms with van der Waals surface area (Å²) in [5.74, 6) is -0.650. The highest BCUT2D eigenvalue weighted by Crippen LogP contribution is 2.28. The number of carbonyl (C=O) groups is 1. The second kappa shape index (κ2) is 6.89. The summed E-state index contributed by atoms with van der Waals surface area (Å²) in [6.07, 6.45) is -0.566. The van der Waals surface area contributed by atoms with Crippen molar-refractivity contribution in [3.05, 3.63) is 73.2 Å². The minimum Gasteiger partial charge on any atom is -0.454 e. The molecule has 2 aromatic carbocycles. The lowest BCUT2D eigenvalue weighted by atomic mass is 10.1. The Labute approximate surface area is 140 Å². The molecule has 0 saturated heterocycles. The average Bonchev–Trinajstić information content (AvgIpc) is 2.47. The summed E-state index contributed by atoms with van der Waals surface area (Å²) in [6.45, 7) is 1.69. The van der Waals surface area contributed by atoms with E-state index < -0.39 is 17.0 Å². The molecule has 0 bridgehead atoms. The van der Waals surface area contributed by atoms with Crippen molar-refractivity contribution in [3.63, 3.8) is 0 Å². The highest BCUT2D eigenvalue weighted by atomic mass is 79.9. The molecule has 0 aliphatic carbocycles. The number of esters is 1. The summed E-state index contributed by atoms with van der Waals surface area (Å²) in [6, 6.07) is 11.1. The van der Waals surface area contributed by atoms with Crippen LogP contribution in [-0.2, 0) is 4.74 Å². The van der Waals surface area contributed by atoms with Gasteiger partial charge in [0.25, 0.3) is 5.69 Å². The Hall–Kier alpha value is -1.92. The lowest BCUT2D eigenvalue weighted by molar-refractivity contribution is -0.385. The van der Waals surface area contributed by atoms with E-state index in [1.165, 1.54) is 18.2 Å². The molecule has 22 heavy (non-hydrogen) atoms. The number of nitro groups is 1. The van der Waals surface area contributed by atoms with Gasteiger partial charge in [-0.3, -0.25) is 10.1 Å². The maximum absolute atomic E-state index is 12.1. The molecular formula is C15H11BrClNO4. The van der Waals surface area contributed by atoms with Gasteiger partial charge in [0, 0.05) is 16.7 Å². The molecule has 2 rings (SSSR count). The van der Waals surface area contributed by atoms with Crippen molar-refractivity contribution < 1.29 is 14.5 Å². The fourth-order valence-electron chi connectivity index (χ4n) is 1.88. The monoisotopic (exact) mass is 383 g/mol. The lowest BCUT2D eigenvalue weighted by Crippen LogP contribution is -2.10. The molecule has 0 fully saturated rings. The molecule has 114 valence electrons. The largest absolute Gasteiger partial charge is 0.454 e. The minimum atomic E-state index is -0.650. The van der Waals surface area contributed by atoms with Crippen LogP contribution >= 0.6 is 27.5 Å². The minimum absolute atomic E-state index is 0.105. The van der Waals surface area contributed by atoms with Crippen molar-refractivity contribution in [2.75, 3.05) is 0 Å². The number of halogens is 2. The number of nitrogens with zero attached hydrogens (tertiary/aromatic N) is 1. The fourth-order valence-corrected chi connectivity index (χ4v) is 2.56. The second-order valence-corrected chi connectivity index (χ2v) is 5.75. The summed E-state index contributed by atoms with van der Waals surface area (Å²) in [5, 5.41) is 11.4. The summed E-state index contributed by atoms with van der Waals surface area (Å²) in [5.41, 5.74) is 0.581. The molecule has 0 spiro atoms. The van der Waals surface area contributed by atoms with E-state index in [0.29, 0.717) is 15.1 Å². The quantitative estimate of drug-likeness (QED) is 0.426. The number of hydrogen-bond acceptors (Lipinski definition) is 4. The van der Waals surface area contributed by atoms with Crippen LogP contribution in [0.3, 0.4) is 0 Å². The van der Waals surface area contributed by atoms with Gasteiger partial charge in [-0.05, 0) is 41.1 Å². The van der Waals surface area contributed by atoms with Crippen LogP contribution in [0.2, 0.25) is 5.02 Å². The number of benzene rings is 2. The van der Waals surface area contributed by atoms with Crippen molar-refractivity contribution in [1.29, 1.82) is 0 Å². The van der Waals surface area contributed by atoms with Crippen LogP contribution < -0.4 is 0 Å². The average molecular weight is 385 g/mol. The summed E-state index contributed by atoms with van der Waals surface area (Å²) in [4.78, 5) is 22.4.